The summed E-state index contributed by atoms with van der Waals surface area (Å²) in [6.07, 6.45) is 2.58. The van der Waals surface area contributed by atoms with E-state index in [1.54, 1.807) is 23.2 Å². The van der Waals surface area contributed by atoms with Crippen molar-refractivity contribution in [2.45, 2.75) is 12.8 Å². The van der Waals surface area contributed by atoms with E-state index in [9.17, 15) is 19.2 Å². The molecule has 0 saturated carbocycles. The van der Waals surface area contributed by atoms with Crippen LogP contribution in [0.3, 0.4) is 0 Å². The zero-order chi connectivity index (χ0) is 20.1. The molecule has 1 amide bonds. The zero-order valence-corrected chi connectivity index (χ0v) is 15.6. The lowest BCUT2D eigenvalue weighted by Crippen LogP contribution is -2.49. The first-order valence-electron chi connectivity index (χ1n) is 9.36. The summed E-state index contributed by atoms with van der Waals surface area (Å²) in [5.74, 6) is -1.74. The second-order valence-electron chi connectivity index (χ2n) is 7.06. The first-order valence-corrected chi connectivity index (χ1v) is 9.36. The number of piperazine rings is 1. The van der Waals surface area contributed by atoms with E-state index in [1.165, 1.54) is 12.1 Å². The molecule has 8 heteroatoms. The number of rotatable bonds is 4. The van der Waals surface area contributed by atoms with Crippen LogP contribution in [0.4, 0.5) is 10.1 Å². The highest BCUT2D eigenvalue weighted by molar-refractivity contribution is 5.97. The van der Waals surface area contributed by atoms with Crippen molar-refractivity contribution < 1.29 is 19.1 Å². The normalized spacial score (nSPS) is 18.7. The fourth-order valence-corrected chi connectivity index (χ4v) is 3.58. The predicted octanol–water partition coefficient (Wildman–Crippen LogP) is 1.68. The predicted molar refractivity (Wildman–Crippen MR) is 101 cm³/mol. The molecule has 2 aliphatic heterocycles. The molecule has 7 nitrogen and oxygen atoms in total. The van der Waals surface area contributed by atoms with Crippen LogP contribution in [0.1, 0.15) is 12.8 Å². The minimum absolute atomic E-state index is 0.0732. The lowest BCUT2D eigenvalue weighted by Gasteiger charge is -2.36. The molecule has 1 N–H and O–H groups in total. The van der Waals surface area contributed by atoms with Gasteiger partial charge in [-0.1, -0.05) is 0 Å². The van der Waals surface area contributed by atoms with E-state index in [-0.39, 0.29) is 23.2 Å². The topological polar surface area (TPSA) is 87.9 Å². The molecule has 2 heterocycles. The molecule has 0 bridgehead atoms. The Balaban J connectivity index is 1.56. The quantitative estimate of drug-likeness (QED) is 0.626. The van der Waals surface area contributed by atoms with E-state index in [2.05, 4.69) is 4.90 Å². The highest BCUT2D eigenvalue weighted by atomic mass is 19.1. The summed E-state index contributed by atoms with van der Waals surface area (Å²) in [7, 11) is 0. The van der Waals surface area contributed by atoms with Crippen LogP contribution in [0.15, 0.2) is 36.0 Å². The van der Waals surface area contributed by atoms with Gasteiger partial charge in [-0.2, -0.15) is 5.26 Å². The molecule has 148 valence electrons. The number of piperidine rings is 1. The van der Waals surface area contributed by atoms with E-state index in [0.29, 0.717) is 52.1 Å². The molecular weight excluding hydrogens is 363 g/mol. The lowest BCUT2D eigenvalue weighted by molar-refractivity contribution is -0.143. The molecule has 0 atom stereocenters. The van der Waals surface area contributed by atoms with Gasteiger partial charge < -0.3 is 19.8 Å². The van der Waals surface area contributed by atoms with Gasteiger partial charge in [0.05, 0.1) is 5.92 Å². The summed E-state index contributed by atoms with van der Waals surface area (Å²) in [6, 6.07) is 8.25. The third-order valence-electron chi connectivity index (χ3n) is 5.30. The summed E-state index contributed by atoms with van der Waals surface area (Å²) in [6.45, 7) is 3.23. The van der Waals surface area contributed by atoms with E-state index >= 15 is 0 Å². The van der Waals surface area contributed by atoms with Gasteiger partial charge in [0.1, 0.15) is 17.5 Å². The number of halogens is 1. The van der Waals surface area contributed by atoms with Gasteiger partial charge in [-0.15, -0.1) is 0 Å². The standard InChI is InChI=1S/C20H23FN4O3/c21-17-1-3-18(4-2-17)24-9-11-25(12-10-24)19(26)16(13-22)14-23-7-5-15(6-8-23)20(27)28/h1-4,14-15H,5-12H2,(H,27,28)/b16-14-. The third kappa shape index (κ3) is 4.60. The molecule has 0 unspecified atom stereocenters. The van der Waals surface area contributed by atoms with Gasteiger partial charge in [-0.25, -0.2) is 4.39 Å². The highest BCUT2D eigenvalue weighted by Crippen LogP contribution is 2.20. The van der Waals surface area contributed by atoms with Gasteiger partial charge in [-0.05, 0) is 37.1 Å². The summed E-state index contributed by atoms with van der Waals surface area (Å²) in [5.41, 5.74) is 0.981. The van der Waals surface area contributed by atoms with E-state index in [1.807, 2.05) is 11.0 Å². The number of carbonyl (C=O) groups is 2. The maximum Gasteiger partial charge on any atom is 0.306 e. The van der Waals surface area contributed by atoms with Crippen molar-refractivity contribution in [3.05, 3.63) is 41.9 Å². The van der Waals surface area contributed by atoms with Gasteiger partial charge in [0, 0.05) is 51.2 Å². The molecule has 0 radical (unpaired) electrons. The second kappa shape index (κ2) is 8.74. The number of carboxylic acid groups (broad SMARTS) is 1. The Kier molecular flexibility index (Phi) is 6.14. The van der Waals surface area contributed by atoms with Crippen molar-refractivity contribution in [1.29, 1.82) is 5.26 Å². The van der Waals surface area contributed by atoms with Crippen molar-refractivity contribution in [2.24, 2.45) is 5.92 Å². The summed E-state index contributed by atoms with van der Waals surface area (Å²) in [5, 5.41) is 18.5. The number of hydrogen-bond acceptors (Lipinski definition) is 5. The summed E-state index contributed by atoms with van der Waals surface area (Å²) < 4.78 is 13.1. The van der Waals surface area contributed by atoms with Crippen LogP contribution < -0.4 is 4.90 Å². The molecule has 1 aromatic carbocycles. The van der Waals surface area contributed by atoms with Crippen molar-refractivity contribution in [3.63, 3.8) is 0 Å². The monoisotopic (exact) mass is 386 g/mol. The fraction of sp³-hybridized carbons (Fsp3) is 0.450. The van der Waals surface area contributed by atoms with Gasteiger partial charge in [0.15, 0.2) is 0 Å². The average molecular weight is 386 g/mol. The number of amides is 1. The molecule has 2 saturated heterocycles. The Morgan fingerprint density at radius 1 is 1.07 bits per heavy atom. The molecule has 2 fully saturated rings. The Hall–Kier alpha value is -3.08. The molecule has 3 rings (SSSR count). The van der Waals surface area contributed by atoms with Crippen LogP contribution in [0, 0.1) is 23.1 Å². The number of likely N-dealkylation sites (tertiary alicyclic amines) is 1. The number of anilines is 1. The number of carbonyl (C=O) groups excluding carboxylic acids is 1. The van der Waals surface area contributed by atoms with E-state index < -0.39 is 5.97 Å². The number of hydrogen-bond donors (Lipinski definition) is 1. The maximum absolute atomic E-state index is 13.1. The van der Waals surface area contributed by atoms with Crippen LogP contribution >= 0.6 is 0 Å². The average Bonchev–Trinajstić information content (AvgIpc) is 2.72. The molecule has 0 spiro atoms. The SMILES string of the molecule is N#C/C(=C/N1CCC(C(=O)O)CC1)C(=O)N1CCN(c2ccc(F)cc2)CC1. The fourth-order valence-electron chi connectivity index (χ4n) is 3.58. The first-order chi connectivity index (χ1) is 13.5. The molecule has 0 aliphatic carbocycles. The van der Waals surface area contributed by atoms with Gasteiger partial charge in [0.2, 0.25) is 0 Å². The van der Waals surface area contributed by atoms with Crippen molar-refractivity contribution in [1.82, 2.24) is 9.80 Å². The summed E-state index contributed by atoms with van der Waals surface area (Å²) >= 11 is 0. The molecule has 0 aromatic heterocycles. The largest absolute Gasteiger partial charge is 0.481 e. The van der Waals surface area contributed by atoms with Crippen LogP contribution in [-0.4, -0.2) is 66.1 Å². The number of nitriles is 1. The Bertz CT molecular complexity index is 787. The molecule has 28 heavy (non-hydrogen) atoms. The minimum atomic E-state index is -0.792. The number of nitrogens with zero attached hydrogens (tertiary/aromatic N) is 4. The second-order valence-corrected chi connectivity index (χ2v) is 7.06. The minimum Gasteiger partial charge on any atom is -0.481 e. The van der Waals surface area contributed by atoms with Crippen LogP contribution in [0.25, 0.3) is 0 Å². The Labute approximate surface area is 163 Å². The van der Waals surface area contributed by atoms with Crippen LogP contribution in [-0.2, 0) is 9.59 Å². The smallest absolute Gasteiger partial charge is 0.306 e. The molecule has 2 aliphatic rings. The zero-order valence-electron chi connectivity index (χ0n) is 15.6. The van der Waals surface area contributed by atoms with Gasteiger partial charge >= 0.3 is 5.97 Å². The lowest BCUT2D eigenvalue weighted by atomic mass is 9.97. The molecule has 1 aromatic rings. The first kappa shape index (κ1) is 19.7. The number of benzene rings is 1. The van der Waals surface area contributed by atoms with Gasteiger partial charge in [-0.3, -0.25) is 9.59 Å². The van der Waals surface area contributed by atoms with E-state index in [4.69, 9.17) is 5.11 Å². The van der Waals surface area contributed by atoms with Crippen molar-refractivity contribution >= 4 is 17.6 Å². The van der Waals surface area contributed by atoms with Crippen molar-refractivity contribution in [2.75, 3.05) is 44.2 Å². The highest BCUT2D eigenvalue weighted by Gasteiger charge is 2.27. The number of carboxylic acids is 1. The van der Waals surface area contributed by atoms with Gasteiger partial charge in [0.25, 0.3) is 5.91 Å². The van der Waals surface area contributed by atoms with Crippen LogP contribution in [0.5, 0.6) is 0 Å². The summed E-state index contributed by atoms with van der Waals surface area (Å²) in [4.78, 5) is 29.3. The van der Waals surface area contributed by atoms with Crippen LogP contribution in [0.2, 0.25) is 0 Å². The Morgan fingerprint density at radius 3 is 2.21 bits per heavy atom. The third-order valence-corrected chi connectivity index (χ3v) is 5.30. The maximum atomic E-state index is 13.1. The van der Waals surface area contributed by atoms with E-state index in [0.717, 1.165) is 5.69 Å². The van der Waals surface area contributed by atoms with Crippen molar-refractivity contribution in [3.8, 4) is 6.07 Å². The Morgan fingerprint density at radius 2 is 1.68 bits per heavy atom. The molecular formula is C20H23FN4O3. The number of aliphatic carboxylic acids is 1.